The quantitative estimate of drug-likeness (QED) is 0.539. The highest BCUT2D eigenvalue weighted by atomic mass is 16.5. The summed E-state index contributed by atoms with van der Waals surface area (Å²) in [6.07, 6.45) is 0.425. The number of Topliss-reactive ketones (excluding diaryl/α,β-unsaturated/α-hetero) is 1. The van der Waals surface area contributed by atoms with Gasteiger partial charge in [0.2, 0.25) is 0 Å². The second-order valence-electron chi connectivity index (χ2n) is 4.03. The second kappa shape index (κ2) is 7.20. The lowest BCUT2D eigenvalue weighted by Crippen LogP contribution is -2.09. The number of carbonyl (C=O) groups excluding carboxylic acids is 1. The van der Waals surface area contributed by atoms with E-state index in [1.165, 1.54) is 0 Å². The standard InChI is InChI=1S/C14H20O3/c1-11-5-4-6-13(12(11)2)14(15)7-8-17-10-9-16-3/h4-6H,7-10H2,1-3H3. The van der Waals surface area contributed by atoms with Crippen LogP contribution in [0.4, 0.5) is 0 Å². The molecule has 0 fully saturated rings. The topological polar surface area (TPSA) is 35.5 Å². The van der Waals surface area contributed by atoms with Crippen LogP contribution < -0.4 is 0 Å². The number of hydrogen-bond acceptors (Lipinski definition) is 3. The molecule has 0 radical (unpaired) electrons. The molecule has 0 heterocycles. The summed E-state index contributed by atoms with van der Waals surface area (Å²) >= 11 is 0. The molecule has 3 nitrogen and oxygen atoms in total. The maximum Gasteiger partial charge on any atom is 0.165 e. The largest absolute Gasteiger partial charge is 0.382 e. The lowest BCUT2D eigenvalue weighted by atomic mass is 9.99. The van der Waals surface area contributed by atoms with E-state index in [2.05, 4.69) is 0 Å². The summed E-state index contributed by atoms with van der Waals surface area (Å²) in [6, 6.07) is 5.81. The Balaban J connectivity index is 2.44. The molecule has 0 saturated heterocycles. The highest BCUT2D eigenvalue weighted by Gasteiger charge is 2.09. The van der Waals surface area contributed by atoms with Gasteiger partial charge in [-0.2, -0.15) is 0 Å². The summed E-state index contributed by atoms with van der Waals surface area (Å²) in [5.74, 6) is 0.142. The van der Waals surface area contributed by atoms with Crippen molar-refractivity contribution in [1.29, 1.82) is 0 Å². The number of rotatable bonds is 7. The molecule has 1 aromatic carbocycles. The SMILES string of the molecule is COCCOCCC(=O)c1cccc(C)c1C. The zero-order valence-electron chi connectivity index (χ0n) is 10.8. The fourth-order valence-corrected chi connectivity index (χ4v) is 1.60. The first-order chi connectivity index (χ1) is 8.16. The van der Waals surface area contributed by atoms with E-state index in [0.717, 1.165) is 16.7 Å². The van der Waals surface area contributed by atoms with E-state index < -0.39 is 0 Å². The molecule has 0 N–H and O–H groups in total. The van der Waals surface area contributed by atoms with Crippen LogP contribution in [0, 0.1) is 13.8 Å². The smallest absolute Gasteiger partial charge is 0.165 e. The third-order valence-corrected chi connectivity index (χ3v) is 2.81. The van der Waals surface area contributed by atoms with Crippen molar-refractivity contribution in [3.63, 3.8) is 0 Å². The lowest BCUT2D eigenvalue weighted by Gasteiger charge is -2.07. The van der Waals surface area contributed by atoms with Gasteiger partial charge in [0, 0.05) is 19.1 Å². The fourth-order valence-electron chi connectivity index (χ4n) is 1.60. The zero-order valence-corrected chi connectivity index (χ0v) is 10.8. The number of aryl methyl sites for hydroxylation is 1. The van der Waals surface area contributed by atoms with Crippen molar-refractivity contribution < 1.29 is 14.3 Å². The monoisotopic (exact) mass is 236 g/mol. The first kappa shape index (κ1) is 13.9. The van der Waals surface area contributed by atoms with Crippen molar-refractivity contribution in [3.8, 4) is 0 Å². The molecule has 94 valence electrons. The zero-order chi connectivity index (χ0) is 12.7. The first-order valence-electron chi connectivity index (χ1n) is 5.83. The van der Waals surface area contributed by atoms with E-state index in [1.54, 1.807) is 7.11 Å². The van der Waals surface area contributed by atoms with E-state index >= 15 is 0 Å². The van der Waals surface area contributed by atoms with E-state index in [0.29, 0.717) is 26.2 Å². The number of ether oxygens (including phenoxy) is 2. The van der Waals surface area contributed by atoms with Gasteiger partial charge in [0.05, 0.1) is 19.8 Å². The molecule has 0 aliphatic carbocycles. The molecule has 3 heteroatoms. The molecule has 0 spiro atoms. The summed E-state index contributed by atoms with van der Waals surface area (Å²) in [4.78, 5) is 11.9. The molecular formula is C14H20O3. The van der Waals surface area contributed by atoms with Crippen molar-refractivity contribution >= 4 is 5.78 Å². The number of methoxy groups -OCH3 is 1. The van der Waals surface area contributed by atoms with Gasteiger partial charge in [-0.15, -0.1) is 0 Å². The average Bonchev–Trinajstić information content (AvgIpc) is 2.32. The van der Waals surface area contributed by atoms with Crippen molar-refractivity contribution in [2.24, 2.45) is 0 Å². The normalized spacial score (nSPS) is 10.5. The van der Waals surface area contributed by atoms with Gasteiger partial charge >= 0.3 is 0 Å². The number of hydrogen-bond donors (Lipinski definition) is 0. The molecule has 0 atom stereocenters. The summed E-state index contributed by atoms with van der Waals surface area (Å²) < 4.78 is 10.1. The average molecular weight is 236 g/mol. The van der Waals surface area contributed by atoms with Crippen LogP contribution in [0.25, 0.3) is 0 Å². The van der Waals surface area contributed by atoms with Gasteiger partial charge < -0.3 is 9.47 Å². The van der Waals surface area contributed by atoms with Gasteiger partial charge in [-0.1, -0.05) is 18.2 Å². The van der Waals surface area contributed by atoms with Crippen LogP contribution in [0.3, 0.4) is 0 Å². The maximum absolute atomic E-state index is 11.9. The predicted octanol–water partition coefficient (Wildman–Crippen LogP) is 2.54. The third kappa shape index (κ3) is 4.29. The minimum Gasteiger partial charge on any atom is -0.382 e. The number of benzene rings is 1. The number of carbonyl (C=O) groups is 1. The maximum atomic E-state index is 11.9. The highest BCUT2D eigenvalue weighted by Crippen LogP contribution is 2.14. The number of ketones is 1. The van der Waals surface area contributed by atoms with Crippen LogP contribution in [0.15, 0.2) is 18.2 Å². The van der Waals surface area contributed by atoms with Crippen molar-refractivity contribution in [1.82, 2.24) is 0 Å². The van der Waals surface area contributed by atoms with Crippen LogP contribution in [-0.4, -0.2) is 32.7 Å². The van der Waals surface area contributed by atoms with Gasteiger partial charge in [0.15, 0.2) is 5.78 Å². The van der Waals surface area contributed by atoms with Crippen LogP contribution in [0.1, 0.15) is 27.9 Å². The molecule has 0 unspecified atom stereocenters. The highest BCUT2D eigenvalue weighted by molar-refractivity contribution is 5.97. The van der Waals surface area contributed by atoms with Crippen LogP contribution in [0.5, 0.6) is 0 Å². The van der Waals surface area contributed by atoms with Gasteiger partial charge in [-0.25, -0.2) is 0 Å². The van der Waals surface area contributed by atoms with Gasteiger partial charge in [0.25, 0.3) is 0 Å². The van der Waals surface area contributed by atoms with Crippen LogP contribution >= 0.6 is 0 Å². The van der Waals surface area contributed by atoms with Crippen LogP contribution in [0.2, 0.25) is 0 Å². The van der Waals surface area contributed by atoms with Crippen molar-refractivity contribution in [3.05, 3.63) is 34.9 Å². The molecule has 0 aliphatic heterocycles. The van der Waals surface area contributed by atoms with Crippen molar-refractivity contribution in [2.45, 2.75) is 20.3 Å². The second-order valence-corrected chi connectivity index (χ2v) is 4.03. The lowest BCUT2D eigenvalue weighted by molar-refractivity contribution is 0.0641. The third-order valence-electron chi connectivity index (χ3n) is 2.81. The van der Waals surface area contributed by atoms with E-state index in [1.807, 2.05) is 32.0 Å². The Labute approximate surface area is 103 Å². The molecule has 0 saturated carbocycles. The van der Waals surface area contributed by atoms with Crippen LogP contribution in [-0.2, 0) is 9.47 Å². The molecule has 0 amide bonds. The van der Waals surface area contributed by atoms with E-state index in [4.69, 9.17) is 9.47 Å². The van der Waals surface area contributed by atoms with E-state index in [9.17, 15) is 4.79 Å². The summed E-state index contributed by atoms with van der Waals surface area (Å²) in [5, 5.41) is 0. The molecular weight excluding hydrogens is 216 g/mol. The Morgan fingerprint density at radius 2 is 1.94 bits per heavy atom. The molecule has 0 aliphatic rings. The summed E-state index contributed by atoms with van der Waals surface area (Å²) in [6.45, 7) is 5.55. The minimum absolute atomic E-state index is 0.142. The van der Waals surface area contributed by atoms with Gasteiger partial charge in [-0.3, -0.25) is 4.79 Å². The molecule has 0 aromatic heterocycles. The summed E-state index contributed by atoms with van der Waals surface area (Å²) in [7, 11) is 1.63. The molecule has 17 heavy (non-hydrogen) atoms. The molecule has 0 bridgehead atoms. The Bertz CT molecular complexity index is 372. The Kier molecular flexibility index (Phi) is 5.87. The molecule has 1 aromatic rings. The fraction of sp³-hybridized carbons (Fsp3) is 0.500. The van der Waals surface area contributed by atoms with E-state index in [-0.39, 0.29) is 5.78 Å². The first-order valence-corrected chi connectivity index (χ1v) is 5.83. The van der Waals surface area contributed by atoms with Gasteiger partial charge in [0.1, 0.15) is 0 Å². The summed E-state index contributed by atoms with van der Waals surface area (Å²) in [5.41, 5.74) is 3.02. The van der Waals surface area contributed by atoms with Crippen molar-refractivity contribution in [2.75, 3.05) is 26.9 Å². The molecule has 1 rings (SSSR count). The Hall–Kier alpha value is -1.19. The minimum atomic E-state index is 0.142. The Morgan fingerprint density at radius 3 is 2.65 bits per heavy atom. The Morgan fingerprint density at radius 1 is 1.18 bits per heavy atom. The van der Waals surface area contributed by atoms with Gasteiger partial charge in [-0.05, 0) is 25.0 Å². The predicted molar refractivity (Wildman–Crippen MR) is 67.6 cm³/mol.